The number of nitrogens with zero attached hydrogens (tertiary/aromatic N) is 2. The summed E-state index contributed by atoms with van der Waals surface area (Å²) in [6, 6.07) is 7.74. The Kier molecular flexibility index (Phi) is 5.95. The van der Waals surface area contributed by atoms with E-state index in [1.165, 1.54) is 37.3 Å². The first-order valence-electron chi connectivity index (χ1n) is 6.86. The van der Waals surface area contributed by atoms with Crippen LogP contribution in [0.4, 0.5) is 11.4 Å². The number of hydrogen-bond acceptors (Lipinski definition) is 8. The molecule has 0 saturated heterocycles. The van der Waals surface area contributed by atoms with Crippen molar-refractivity contribution in [1.29, 1.82) is 0 Å². The zero-order valence-corrected chi connectivity index (χ0v) is 14.7. The number of rotatable bonds is 7. The highest BCUT2D eigenvalue weighted by Gasteiger charge is 2.21. The average Bonchev–Trinajstić information content (AvgIpc) is 2.59. The van der Waals surface area contributed by atoms with Crippen LogP contribution < -0.4 is 0 Å². The van der Waals surface area contributed by atoms with Crippen molar-refractivity contribution >= 4 is 44.7 Å². The Hall–Kier alpha value is -2.92. The second-order valence-electron chi connectivity index (χ2n) is 4.90. The number of hydrogen-bond donors (Lipinski definition) is 1. The average molecular weight is 394 g/mol. The highest BCUT2D eigenvalue weighted by atomic mass is 33.1. The summed E-state index contributed by atoms with van der Waals surface area (Å²) in [5, 5.41) is 30.9. The van der Waals surface area contributed by atoms with E-state index in [4.69, 9.17) is 5.11 Å². The van der Waals surface area contributed by atoms with Gasteiger partial charge >= 0.3 is 5.97 Å². The van der Waals surface area contributed by atoms with E-state index < -0.39 is 32.9 Å². The summed E-state index contributed by atoms with van der Waals surface area (Å²) in [4.78, 5) is 44.1. The molecular weight excluding hydrogens is 384 g/mol. The summed E-state index contributed by atoms with van der Waals surface area (Å²) in [5.74, 6) is -1.87. The quantitative estimate of drug-likeness (QED) is 0.316. The first-order valence-corrected chi connectivity index (χ1v) is 9.01. The van der Waals surface area contributed by atoms with Gasteiger partial charge in [0, 0.05) is 21.9 Å². The van der Waals surface area contributed by atoms with Gasteiger partial charge in [-0.2, -0.15) is 0 Å². The summed E-state index contributed by atoms with van der Waals surface area (Å²) >= 11 is 0. The topological polar surface area (TPSA) is 141 Å². The minimum Gasteiger partial charge on any atom is -0.477 e. The van der Waals surface area contributed by atoms with Crippen molar-refractivity contribution in [2.45, 2.75) is 16.7 Å². The maximum Gasteiger partial charge on any atom is 0.342 e. The number of carboxylic acid groups (broad SMARTS) is 1. The van der Waals surface area contributed by atoms with E-state index in [2.05, 4.69) is 0 Å². The molecule has 0 aliphatic heterocycles. The van der Waals surface area contributed by atoms with Crippen molar-refractivity contribution in [3.63, 3.8) is 0 Å². The Morgan fingerprint density at radius 2 is 1.31 bits per heavy atom. The summed E-state index contributed by atoms with van der Waals surface area (Å²) in [5.41, 5.74) is -1.28. The van der Waals surface area contributed by atoms with Gasteiger partial charge in [0.25, 0.3) is 11.4 Å². The number of carbonyl (C=O) groups excluding carboxylic acids is 1. The molecule has 0 radical (unpaired) electrons. The van der Waals surface area contributed by atoms with Crippen LogP contribution in [-0.4, -0.2) is 26.7 Å². The SMILES string of the molecule is CC(=O)c1cc(SSc2ccc([N+](=O)[O-])c(C(=O)O)c2)ccc1[N+](=O)[O-]. The minimum atomic E-state index is -1.42. The first-order chi connectivity index (χ1) is 12.2. The van der Waals surface area contributed by atoms with Crippen LogP contribution in [0, 0.1) is 20.2 Å². The van der Waals surface area contributed by atoms with Gasteiger partial charge < -0.3 is 5.11 Å². The summed E-state index contributed by atoms with van der Waals surface area (Å²) < 4.78 is 0. The summed E-state index contributed by atoms with van der Waals surface area (Å²) in [6.07, 6.45) is 0. The van der Waals surface area contributed by atoms with Gasteiger partial charge in [0.2, 0.25) is 0 Å². The largest absolute Gasteiger partial charge is 0.477 e. The molecule has 2 rings (SSSR count). The molecule has 0 heterocycles. The fourth-order valence-electron chi connectivity index (χ4n) is 2.00. The maximum atomic E-state index is 11.6. The van der Waals surface area contributed by atoms with E-state index in [0.29, 0.717) is 9.79 Å². The molecule has 0 atom stereocenters. The molecule has 11 heteroatoms. The third-order valence-corrected chi connectivity index (χ3v) is 5.55. The number of nitro groups is 2. The van der Waals surface area contributed by atoms with Gasteiger partial charge in [0.1, 0.15) is 5.56 Å². The highest BCUT2D eigenvalue weighted by molar-refractivity contribution is 8.76. The fraction of sp³-hybridized carbons (Fsp3) is 0.0667. The van der Waals surface area contributed by atoms with Crippen LogP contribution in [0.25, 0.3) is 0 Å². The lowest BCUT2D eigenvalue weighted by Crippen LogP contribution is -2.02. The smallest absolute Gasteiger partial charge is 0.342 e. The van der Waals surface area contributed by atoms with Crippen LogP contribution in [-0.2, 0) is 0 Å². The second kappa shape index (κ2) is 7.97. The Bertz CT molecular complexity index is 855. The van der Waals surface area contributed by atoms with Crippen molar-refractivity contribution in [2.24, 2.45) is 0 Å². The molecule has 0 aromatic heterocycles. The normalized spacial score (nSPS) is 10.3. The van der Waals surface area contributed by atoms with Crippen LogP contribution in [0.5, 0.6) is 0 Å². The molecule has 1 N–H and O–H groups in total. The molecule has 2 aromatic carbocycles. The lowest BCUT2D eigenvalue weighted by atomic mass is 10.1. The van der Waals surface area contributed by atoms with E-state index in [0.717, 1.165) is 27.7 Å². The molecular formula is C15H10N2O7S2. The van der Waals surface area contributed by atoms with Gasteiger partial charge in [-0.3, -0.25) is 25.0 Å². The predicted molar refractivity (Wildman–Crippen MR) is 94.9 cm³/mol. The van der Waals surface area contributed by atoms with Crippen molar-refractivity contribution in [3.05, 3.63) is 67.8 Å². The number of ketones is 1. The summed E-state index contributed by atoms with van der Waals surface area (Å²) in [6.45, 7) is 1.22. The van der Waals surface area contributed by atoms with E-state index in [-0.39, 0.29) is 11.3 Å². The lowest BCUT2D eigenvalue weighted by molar-refractivity contribution is -0.385. The van der Waals surface area contributed by atoms with Gasteiger partial charge in [0.05, 0.1) is 15.4 Å². The molecule has 0 aliphatic carbocycles. The van der Waals surface area contributed by atoms with E-state index in [1.807, 2.05) is 0 Å². The molecule has 0 saturated carbocycles. The monoisotopic (exact) mass is 394 g/mol. The first kappa shape index (κ1) is 19.4. The van der Waals surface area contributed by atoms with Gasteiger partial charge in [-0.1, -0.05) is 21.6 Å². The van der Waals surface area contributed by atoms with Crippen LogP contribution in [0.3, 0.4) is 0 Å². The molecule has 0 spiro atoms. The van der Waals surface area contributed by atoms with Crippen LogP contribution in [0.15, 0.2) is 46.2 Å². The van der Waals surface area contributed by atoms with Crippen molar-refractivity contribution < 1.29 is 24.5 Å². The second-order valence-corrected chi connectivity index (χ2v) is 7.18. The van der Waals surface area contributed by atoms with Crippen LogP contribution >= 0.6 is 21.6 Å². The maximum absolute atomic E-state index is 11.6. The Labute approximate surface area is 154 Å². The molecule has 9 nitrogen and oxygen atoms in total. The number of aromatic carboxylic acids is 1. The Morgan fingerprint density at radius 3 is 1.69 bits per heavy atom. The molecule has 0 unspecified atom stereocenters. The number of carbonyl (C=O) groups is 2. The van der Waals surface area contributed by atoms with Gasteiger partial charge in [-0.25, -0.2) is 4.79 Å². The number of carboxylic acids is 1. The van der Waals surface area contributed by atoms with Gasteiger partial charge in [-0.05, 0) is 31.2 Å². The van der Waals surface area contributed by atoms with Crippen molar-refractivity contribution in [1.82, 2.24) is 0 Å². The third kappa shape index (κ3) is 4.37. The molecule has 0 fully saturated rings. The molecule has 0 bridgehead atoms. The molecule has 2 aromatic rings. The molecule has 134 valence electrons. The van der Waals surface area contributed by atoms with E-state index in [9.17, 15) is 29.8 Å². The van der Waals surface area contributed by atoms with Crippen LogP contribution in [0.1, 0.15) is 27.6 Å². The highest BCUT2D eigenvalue weighted by Crippen LogP contribution is 2.40. The van der Waals surface area contributed by atoms with E-state index in [1.54, 1.807) is 0 Å². The van der Waals surface area contributed by atoms with Gasteiger partial charge in [0.15, 0.2) is 5.78 Å². The molecule has 26 heavy (non-hydrogen) atoms. The summed E-state index contributed by atoms with van der Waals surface area (Å²) in [7, 11) is 2.25. The van der Waals surface area contributed by atoms with Crippen LogP contribution in [0.2, 0.25) is 0 Å². The minimum absolute atomic E-state index is 0.0319. The predicted octanol–water partition coefficient (Wildman–Crippen LogP) is 4.20. The van der Waals surface area contributed by atoms with Crippen molar-refractivity contribution in [3.8, 4) is 0 Å². The number of benzene rings is 2. The third-order valence-electron chi connectivity index (χ3n) is 3.17. The Morgan fingerprint density at radius 1 is 0.885 bits per heavy atom. The van der Waals surface area contributed by atoms with Gasteiger partial charge in [-0.15, -0.1) is 0 Å². The zero-order chi connectivity index (χ0) is 19.4. The molecule has 0 aliphatic rings. The van der Waals surface area contributed by atoms with E-state index >= 15 is 0 Å². The number of Topliss-reactive ketones (excluding diaryl/α,β-unsaturated/α-hetero) is 1. The zero-order valence-electron chi connectivity index (χ0n) is 13.1. The molecule has 0 amide bonds. The van der Waals surface area contributed by atoms with Crippen molar-refractivity contribution in [2.75, 3.05) is 0 Å². The number of nitro benzene ring substituents is 2. The fourth-order valence-corrected chi connectivity index (χ4v) is 3.97. The standard InChI is InChI=1S/C15H10N2O7S2/c1-8(18)11-6-9(2-4-13(11)16(21)22)25-26-10-3-5-14(17(23)24)12(7-10)15(19)20/h2-7H,1H3,(H,19,20). The lowest BCUT2D eigenvalue weighted by Gasteiger charge is -2.05. The Balaban J connectivity index is 2.26.